The lowest BCUT2D eigenvalue weighted by Crippen LogP contribution is -2.44. The van der Waals surface area contributed by atoms with Gasteiger partial charge in [0.2, 0.25) is 0 Å². The molecule has 0 unspecified atom stereocenters. The average molecular weight is 454 g/mol. The van der Waals surface area contributed by atoms with Crippen molar-refractivity contribution in [3.8, 4) is 17.1 Å². The van der Waals surface area contributed by atoms with Crippen molar-refractivity contribution >= 4 is 28.2 Å². The molecular formula is C26H27N7O. The highest BCUT2D eigenvalue weighted by atomic mass is 16.5. The van der Waals surface area contributed by atoms with Crippen LogP contribution in [-0.2, 0) is 0 Å². The molecule has 8 nitrogen and oxygen atoms in total. The first-order valence-electron chi connectivity index (χ1n) is 11.8. The number of rotatable bonds is 6. The second kappa shape index (κ2) is 8.87. The normalized spacial score (nSPS) is 16.0. The molecule has 1 saturated carbocycles. The molecule has 0 bridgehead atoms. The Labute approximate surface area is 198 Å². The number of aromatic nitrogens is 4. The summed E-state index contributed by atoms with van der Waals surface area (Å²) in [5.74, 6) is 3.74. The third kappa shape index (κ3) is 4.01. The van der Waals surface area contributed by atoms with E-state index >= 15 is 0 Å². The zero-order valence-corrected chi connectivity index (χ0v) is 19.2. The standard InChI is InChI=1S/C26H27N7O/c1-34-22-5-3-2-4-20(22)30-23-14-18(8-9-29-23)25-31-21-16-28-15-19(17-6-7-17)24(21)26(32-25)33-12-10-27-11-13-33/h2-5,8-9,14-17,27H,6-7,10-13H2,1H3,(H,29,30). The van der Waals surface area contributed by atoms with Gasteiger partial charge < -0.3 is 20.3 Å². The first-order chi connectivity index (χ1) is 16.8. The largest absolute Gasteiger partial charge is 0.495 e. The Hall–Kier alpha value is -3.78. The molecule has 1 aliphatic heterocycles. The van der Waals surface area contributed by atoms with Gasteiger partial charge in [-0.05, 0) is 48.6 Å². The molecule has 0 atom stereocenters. The van der Waals surface area contributed by atoms with E-state index in [9.17, 15) is 0 Å². The maximum absolute atomic E-state index is 5.47. The van der Waals surface area contributed by atoms with Crippen LogP contribution < -0.4 is 20.3 Å². The first-order valence-corrected chi connectivity index (χ1v) is 11.8. The lowest BCUT2D eigenvalue weighted by Gasteiger charge is -2.30. The summed E-state index contributed by atoms with van der Waals surface area (Å²) in [5, 5.41) is 7.96. The smallest absolute Gasteiger partial charge is 0.162 e. The van der Waals surface area contributed by atoms with E-state index in [-0.39, 0.29) is 0 Å². The highest BCUT2D eigenvalue weighted by Gasteiger charge is 2.29. The topological polar surface area (TPSA) is 88.1 Å². The molecule has 3 aromatic heterocycles. The fourth-order valence-corrected chi connectivity index (χ4v) is 4.55. The van der Waals surface area contributed by atoms with E-state index in [0.717, 1.165) is 59.9 Å². The molecule has 0 amide bonds. The van der Waals surface area contributed by atoms with Crippen LogP contribution in [0.4, 0.5) is 17.3 Å². The highest BCUT2D eigenvalue weighted by Crippen LogP contribution is 2.44. The SMILES string of the molecule is COc1ccccc1Nc1cc(-c2nc(N3CCNCC3)c3c(C4CC4)cncc3n2)ccn1. The molecule has 8 heteroatoms. The van der Waals surface area contributed by atoms with Gasteiger partial charge in [-0.2, -0.15) is 0 Å². The quantitative estimate of drug-likeness (QED) is 0.451. The summed E-state index contributed by atoms with van der Waals surface area (Å²) in [6.45, 7) is 3.75. The molecule has 34 heavy (non-hydrogen) atoms. The lowest BCUT2D eigenvalue weighted by molar-refractivity contribution is 0.417. The monoisotopic (exact) mass is 453 g/mol. The maximum atomic E-state index is 5.47. The number of nitrogens with zero attached hydrogens (tertiary/aromatic N) is 5. The molecule has 1 saturated heterocycles. The van der Waals surface area contributed by atoms with Crippen LogP contribution in [0, 0.1) is 0 Å². The van der Waals surface area contributed by atoms with Gasteiger partial charge in [0.25, 0.3) is 0 Å². The Morgan fingerprint density at radius 3 is 2.74 bits per heavy atom. The summed E-state index contributed by atoms with van der Waals surface area (Å²) in [6.07, 6.45) is 8.09. The van der Waals surface area contributed by atoms with Crippen LogP contribution in [0.2, 0.25) is 0 Å². The van der Waals surface area contributed by atoms with Crippen LogP contribution in [0.5, 0.6) is 5.75 Å². The van der Waals surface area contributed by atoms with Gasteiger partial charge in [0.05, 0.1) is 24.5 Å². The van der Waals surface area contributed by atoms with Crippen molar-refractivity contribution in [1.29, 1.82) is 0 Å². The zero-order chi connectivity index (χ0) is 22.9. The number of hydrogen-bond acceptors (Lipinski definition) is 8. The summed E-state index contributed by atoms with van der Waals surface area (Å²) in [6, 6.07) is 11.7. The molecule has 172 valence electrons. The molecule has 0 spiro atoms. The number of pyridine rings is 2. The Balaban J connectivity index is 1.43. The van der Waals surface area contributed by atoms with Crippen molar-refractivity contribution in [2.75, 3.05) is 43.5 Å². The van der Waals surface area contributed by atoms with Crippen LogP contribution in [-0.4, -0.2) is 53.2 Å². The molecule has 2 fully saturated rings. The minimum atomic E-state index is 0.574. The Bertz CT molecular complexity index is 1330. The second-order valence-corrected chi connectivity index (χ2v) is 8.76. The highest BCUT2D eigenvalue weighted by molar-refractivity contribution is 5.94. The summed E-state index contributed by atoms with van der Waals surface area (Å²) in [5.41, 5.74) is 3.95. The fraction of sp³-hybridized carbons (Fsp3) is 0.308. The molecule has 6 rings (SSSR count). The van der Waals surface area contributed by atoms with Crippen LogP contribution in [0.15, 0.2) is 55.0 Å². The molecule has 1 aliphatic carbocycles. The van der Waals surface area contributed by atoms with Crippen LogP contribution >= 0.6 is 0 Å². The summed E-state index contributed by atoms with van der Waals surface area (Å²) in [7, 11) is 1.66. The van der Waals surface area contributed by atoms with Gasteiger partial charge >= 0.3 is 0 Å². The number of ether oxygens (including phenoxy) is 1. The van der Waals surface area contributed by atoms with Crippen LogP contribution in [0.3, 0.4) is 0 Å². The fourth-order valence-electron chi connectivity index (χ4n) is 4.55. The zero-order valence-electron chi connectivity index (χ0n) is 19.2. The van der Waals surface area contributed by atoms with E-state index in [4.69, 9.17) is 14.7 Å². The van der Waals surface area contributed by atoms with Crippen molar-refractivity contribution in [2.24, 2.45) is 0 Å². The number of methoxy groups -OCH3 is 1. The van der Waals surface area contributed by atoms with Gasteiger partial charge in [0, 0.05) is 49.5 Å². The van der Waals surface area contributed by atoms with Gasteiger partial charge in [-0.1, -0.05) is 12.1 Å². The maximum Gasteiger partial charge on any atom is 0.162 e. The summed E-state index contributed by atoms with van der Waals surface area (Å²) < 4.78 is 5.47. The molecule has 0 radical (unpaired) electrons. The predicted molar refractivity (Wildman–Crippen MR) is 134 cm³/mol. The average Bonchev–Trinajstić information content (AvgIpc) is 3.74. The number of nitrogens with one attached hydrogen (secondary N) is 2. The Morgan fingerprint density at radius 1 is 1.06 bits per heavy atom. The second-order valence-electron chi connectivity index (χ2n) is 8.76. The molecule has 4 aromatic rings. The minimum absolute atomic E-state index is 0.574. The van der Waals surface area contributed by atoms with E-state index in [0.29, 0.717) is 17.6 Å². The van der Waals surface area contributed by atoms with E-state index in [1.165, 1.54) is 18.4 Å². The van der Waals surface area contributed by atoms with Gasteiger partial charge in [-0.3, -0.25) is 4.98 Å². The minimum Gasteiger partial charge on any atom is -0.495 e. The van der Waals surface area contributed by atoms with Gasteiger partial charge in [0.15, 0.2) is 5.82 Å². The van der Waals surface area contributed by atoms with Crippen molar-refractivity contribution in [1.82, 2.24) is 25.3 Å². The van der Waals surface area contributed by atoms with E-state index in [2.05, 4.69) is 25.5 Å². The molecule has 2 N–H and O–H groups in total. The molecule has 2 aliphatic rings. The molecular weight excluding hydrogens is 426 g/mol. The predicted octanol–water partition coefficient (Wildman–Crippen LogP) is 4.13. The number of para-hydroxylation sites is 2. The Kier molecular flexibility index (Phi) is 5.43. The molecule has 1 aromatic carbocycles. The van der Waals surface area contributed by atoms with Crippen molar-refractivity contribution in [2.45, 2.75) is 18.8 Å². The number of piperazine rings is 1. The van der Waals surface area contributed by atoms with E-state index in [1.54, 1.807) is 13.3 Å². The van der Waals surface area contributed by atoms with E-state index < -0.39 is 0 Å². The van der Waals surface area contributed by atoms with Gasteiger partial charge in [-0.25, -0.2) is 15.0 Å². The summed E-state index contributed by atoms with van der Waals surface area (Å²) in [4.78, 5) is 21.5. The third-order valence-electron chi connectivity index (χ3n) is 6.44. The van der Waals surface area contributed by atoms with Crippen molar-refractivity contribution < 1.29 is 4.74 Å². The number of anilines is 3. The van der Waals surface area contributed by atoms with Crippen LogP contribution in [0.1, 0.15) is 24.3 Å². The van der Waals surface area contributed by atoms with Crippen molar-refractivity contribution in [3.05, 3.63) is 60.6 Å². The number of hydrogen-bond donors (Lipinski definition) is 2. The molecule has 4 heterocycles. The van der Waals surface area contributed by atoms with Crippen LogP contribution in [0.25, 0.3) is 22.3 Å². The van der Waals surface area contributed by atoms with Gasteiger partial charge in [0.1, 0.15) is 17.4 Å². The Morgan fingerprint density at radius 2 is 1.91 bits per heavy atom. The summed E-state index contributed by atoms with van der Waals surface area (Å²) >= 11 is 0. The number of benzene rings is 1. The van der Waals surface area contributed by atoms with E-state index in [1.807, 2.05) is 48.8 Å². The van der Waals surface area contributed by atoms with Gasteiger partial charge in [-0.15, -0.1) is 0 Å². The first kappa shape index (κ1) is 20.8. The number of fused-ring (bicyclic) bond motifs is 1. The van der Waals surface area contributed by atoms with Crippen molar-refractivity contribution in [3.63, 3.8) is 0 Å². The third-order valence-corrected chi connectivity index (χ3v) is 6.44. The lowest BCUT2D eigenvalue weighted by atomic mass is 10.1.